The van der Waals surface area contributed by atoms with Crippen molar-refractivity contribution in [1.29, 1.82) is 0 Å². The summed E-state index contributed by atoms with van der Waals surface area (Å²) in [6.07, 6.45) is 3.44. The number of carboxylic acids is 1. The predicted molar refractivity (Wildman–Crippen MR) is 63.4 cm³/mol. The molecule has 0 bridgehead atoms. The third kappa shape index (κ3) is 2.75. The van der Waals surface area contributed by atoms with Crippen LogP contribution in [0.4, 0.5) is 0 Å². The molecule has 1 saturated carbocycles. The molecule has 0 spiro atoms. The van der Waals surface area contributed by atoms with Crippen molar-refractivity contribution in [2.24, 2.45) is 0 Å². The van der Waals surface area contributed by atoms with E-state index in [1.54, 1.807) is 0 Å². The van der Waals surface area contributed by atoms with E-state index in [0.29, 0.717) is 18.4 Å². The van der Waals surface area contributed by atoms with Gasteiger partial charge in [-0.15, -0.1) is 0 Å². The summed E-state index contributed by atoms with van der Waals surface area (Å²) in [6, 6.07) is 0.652. The predicted octanol–water partition coefficient (Wildman–Crippen LogP) is 0.131. The summed E-state index contributed by atoms with van der Waals surface area (Å²) >= 11 is 0. The van der Waals surface area contributed by atoms with Crippen LogP contribution >= 0.6 is 0 Å². The first-order valence-electron chi connectivity index (χ1n) is 5.83. The summed E-state index contributed by atoms with van der Waals surface area (Å²) in [5.41, 5.74) is -0.842. The number of aliphatic carboxylic acids is 1. The lowest BCUT2D eigenvalue weighted by Crippen LogP contribution is -2.51. The Morgan fingerprint density at radius 1 is 1.42 bits per heavy atom. The Balaban J connectivity index is 1.90. The molecule has 2 amide bonds. The van der Waals surface area contributed by atoms with Crippen molar-refractivity contribution in [1.82, 2.24) is 10.6 Å². The van der Waals surface area contributed by atoms with Gasteiger partial charge in [-0.05, 0) is 25.8 Å². The van der Waals surface area contributed by atoms with Crippen molar-refractivity contribution < 1.29 is 23.9 Å². The number of furan rings is 1. The average molecular weight is 266 g/mol. The molecule has 3 N–H and O–H groups in total. The summed E-state index contributed by atoms with van der Waals surface area (Å²) in [5.74, 6) is -2.01. The lowest BCUT2D eigenvalue weighted by molar-refractivity contribution is -0.143. The smallest absolute Gasteiger partial charge is 0.329 e. The quantitative estimate of drug-likeness (QED) is 0.702. The molecule has 1 atom stereocenters. The Bertz CT molecular complexity index is 504. The molecule has 1 aliphatic rings. The molecule has 102 valence electrons. The minimum absolute atomic E-state index is 0.305. The summed E-state index contributed by atoms with van der Waals surface area (Å²) in [4.78, 5) is 34.4. The van der Waals surface area contributed by atoms with Gasteiger partial charge in [0, 0.05) is 0 Å². The number of hydrogen-bond acceptors (Lipinski definition) is 4. The number of nitrogens with one attached hydrogen (secondary N) is 2. The van der Waals surface area contributed by atoms with Crippen LogP contribution < -0.4 is 10.6 Å². The van der Waals surface area contributed by atoms with Gasteiger partial charge in [-0.25, -0.2) is 4.79 Å². The number of amides is 2. The molecular formula is C12H14N2O5. The molecule has 19 heavy (non-hydrogen) atoms. The molecule has 1 fully saturated rings. The molecule has 0 radical (unpaired) electrons. The van der Waals surface area contributed by atoms with Gasteiger partial charge < -0.3 is 20.2 Å². The highest BCUT2D eigenvalue weighted by molar-refractivity contribution is 5.98. The van der Waals surface area contributed by atoms with E-state index in [-0.39, 0.29) is 0 Å². The Morgan fingerprint density at radius 3 is 2.58 bits per heavy atom. The Morgan fingerprint density at radius 2 is 2.11 bits per heavy atom. The molecule has 1 aromatic heterocycles. The fraction of sp³-hybridized carbons (Fsp3) is 0.417. The second-order valence-electron chi connectivity index (χ2n) is 4.58. The fourth-order valence-corrected chi connectivity index (χ4v) is 1.60. The number of carbonyl (C=O) groups is 3. The van der Waals surface area contributed by atoms with Gasteiger partial charge >= 0.3 is 5.97 Å². The maximum absolute atomic E-state index is 11.8. The Labute approximate surface area is 109 Å². The monoisotopic (exact) mass is 266 g/mol. The third-order valence-corrected chi connectivity index (χ3v) is 3.05. The molecule has 0 aromatic carbocycles. The minimum atomic E-state index is -1.15. The highest BCUT2D eigenvalue weighted by atomic mass is 16.4. The van der Waals surface area contributed by atoms with Crippen LogP contribution in [0.2, 0.25) is 0 Å². The maximum atomic E-state index is 11.8. The molecule has 0 saturated heterocycles. The largest absolute Gasteiger partial charge is 0.480 e. The van der Waals surface area contributed by atoms with Crippen LogP contribution in [0.25, 0.3) is 0 Å². The second kappa shape index (κ2) is 4.75. The third-order valence-electron chi connectivity index (χ3n) is 3.05. The average Bonchev–Trinajstić information content (AvgIpc) is 2.93. The SMILES string of the molecule is CC(NC(=O)c1ccoc1)C(=O)NC1(C(=O)O)CC1. The van der Waals surface area contributed by atoms with Gasteiger partial charge in [0.05, 0.1) is 11.8 Å². The van der Waals surface area contributed by atoms with Crippen molar-refractivity contribution in [2.75, 3.05) is 0 Å². The second-order valence-corrected chi connectivity index (χ2v) is 4.58. The molecule has 0 aliphatic heterocycles. The van der Waals surface area contributed by atoms with Crippen LogP contribution in [0.5, 0.6) is 0 Å². The summed E-state index contributed by atoms with van der Waals surface area (Å²) < 4.78 is 4.76. The van der Waals surface area contributed by atoms with Gasteiger partial charge in [-0.1, -0.05) is 0 Å². The molecule has 2 rings (SSSR count). The van der Waals surface area contributed by atoms with E-state index in [9.17, 15) is 14.4 Å². The topological polar surface area (TPSA) is 109 Å². The van der Waals surface area contributed by atoms with Crippen LogP contribution in [-0.4, -0.2) is 34.5 Å². The highest BCUT2D eigenvalue weighted by Gasteiger charge is 2.52. The standard InChI is InChI=1S/C12H14N2O5/c1-7(13-10(16)8-2-5-19-6-8)9(15)14-12(3-4-12)11(17)18/h2,5-7H,3-4H2,1H3,(H,13,16)(H,14,15)(H,17,18). The molecule has 1 aromatic rings. The maximum Gasteiger partial charge on any atom is 0.329 e. The first-order valence-corrected chi connectivity index (χ1v) is 5.83. The van der Waals surface area contributed by atoms with Crippen molar-refractivity contribution in [3.8, 4) is 0 Å². The lowest BCUT2D eigenvalue weighted by atomic mass is 10.2. The van der Waals surface area contributed by atoms with Crippen LogP contribution in [-0.2, 0) is 9.59 Å². The fourth-order valence-electron chi connectivity index (χ4n) is 1.60. The zero-order chi connectivity index (χ0) is 14.0. The van der Waals surface area contributed by atoms with E-state index < -0.39 is 29.4 Å². The number of carboxylic acid groups (broad SMARTS) is 1. The van der Waals surface area contributed by atoms with Crippen LogP contribution in [0.3, 0.4) is 0 Å². The molecule has 7 heteroatoms. The van der Waals surface area contributed by atoms with E-state index in [2.05, 4.69) is 10.6 Å². The molecule has 7 nitrogen and oxygen atoms in total. The first-order chi connectivity index (χ1) is 8.94. The van der Waals surface area contributed by atoms with Gasteiger partial charge in [-0.3, -0.25) is 9.59 Å². The Kier molecular flexibility index (Phi) is 3.28. The van der Waals surface area contributed by atoms with E-state index in [1.807, 2.05) is 0 Å². The Hall–Kier alpha value is -2.31. The number of carbonyl (C=O) groups excluding carboxylic acids is 2. The zero-order valence-electron chi connectivity index (χ0n) is 10.3. The summed E-state index contributed by atoms with van der Waals surface area (Å²) in [7, 11) is 0. The molecule has 1 aliphatic carbocycles. The summed E-state index contributed by atoms with van der Waals surface area (Å²) in [5, 5.41) is 13.9. The van der Waals surface area contributed by atoms with Crippen molar-refractivity contribution in [3.05, 3.63) is 24.2 Å². The van der Waals surface area contributed by atoms with Crippen molar-refractivity contribution in [3.63, 3.8) is 0 Å². The lowest BCUT2D eigenvalue weighted by Gasteiger charge is -2.17. The van der Waals surface area contributed by atoms with Gasteiger partial charge in [0.25, 0.3) is 5.91 Å². The van der Waals surface area contributed by atoms with Crippen LogP contribution in [0, 0.1) is 0 Å². The minimum Gasteiger partial charge on any atom is -0.480 e. The van der Waals surface area contributed by atoms with E-state index >= 15 is 0 Å². The van der Waals surface area contributed by atoms with Gasteiger partial charge in [-0.2, -0.15) is 0 Å². The molecule has 1 unspecified atom stereocenters. The highest BCUT2D eigenvalue weighted by Crippen LogP contribution is 2.35. The van der Waals surface area contributed by atoms with Gasteiger partial charge in [0.15, 0.2) is 0 Å². The molecular weight excluding hydrogens is 252 g/mol. The van der Waals surface area contributed by atoms with Crippen LogP contribution in [0.15, 0.2) is 23.0 Å². The van der Waals surface area contributed by atoms with E-state index in [0.717, 1.165) is 0 Å². The van der Waals surface area contributed by atoms with Crippen molar-refractivity contribution >= 4 is 17.8 Å². The molecule has 1 heterocycles. The summed E-state index contributed by atoms with van der Waals surface area (Å²) in [6.45, 7) is 1.49. The number of rotatable bonds is 5. The number of hydrogen-bond donors (Lipinski definition) is 3. The van der Waals surface area contributed by atoms with E-state index in [4.69, 9.17) is 9.52 Å². The van der Waals surface area contributed by atoms with Crippen LogP contribution in [0.1, 0.15) is 30.1 Å². The normalized spacial score (nSPS) is 17.3. The first kappa shape index (κ1) is 13.1. The van der Waals surface area contributed by atoms with Gasteiger partial charge in [0.2, 0.25) is 5.91 Å². The zero-order valence-corrected chi connectivity index (χ0v) is 10.3. The van der Waals surface area contributed by atoms with E-state index in [1.165, 1.54) is 25.5 Å². The van der Waals surface area contributed by atoms with Gasteiger partial charge in [0.1, 0.15) is 17.8 Å². The van der Waals surface area contributed by atoms with Crippen molar-refractivity contribution in [2.45, 2.75) is 31.3 Å².